The van der Waals surface area contributed by atoms with Gasteiger partial charge < -0.3 is 16.0 Å². The highest BCUT2D eigenvalue weighted by Crippen LogP contribution is 2.23. The summed E-state index contributed by atoms with van der Waals surface area (Å²) in [5.74, 6) is 0.175. The smallest absolute Gasteiger partial charge is 0.270 e. The molecule has 1 atom stereocenters. The Bertz CT molecular complexity index is 1190. The molecular formula is C23H22N6O2. The summed E-state index contributed by atoms with van der Waals surface area (Å²) in [5.41, 5.74) is 2.81. The third-order valence-corrected chi connectivity index (χ3v) is 5.15. The van der Waals surface area contributed by atoms with E-state index in [-0.39, 0.29) is 29.2 Å². The van der Waals surface area contributed by atoms with Crippen molar-refractivity contribution in [1.82, 2.24) is 15.3 Å². The second kappa shape index (κ2) is 8.81. The van der Waals surface area contributed by atoms with Gasteiger partial charge in [0.2, 0.25) is 11.9 Å². The maximum Gasteiger partial charge on any atom is 0.270 e. The number of anilines is 3. The van der Waals surface area contributed by atoms with E-state index in [2.05, 4.69) is 25.9 Å². The zero-order chi connectivity index (χ0) is 21.8. The molecule has 0 radical (unpaired) electrons. The Morgan fingerprint density at radius 3 is 2.48 bits per heavy atom. The van der Waals surface area contributed by atoms with Crippen LogP contribution in [-0.4, -0.2) is 28.5 Å². The molecule has 4 rings (SSSR count). The summed E-state index contributed by atoms with van der Waals surface area (Å²) in [7, 11) is 0. The third kappa shape index (κ3) is 4.63. The minimum absolute atomic E-state index is 0.0678. The van der Waals surface area contributed by atoms with Gasteiger partial charge in [-0.2, -0.15) is 5.26 Å². The van der Waals surface area contributed by atoms with Gasteiger partial charge in [-0.3, -0.25) is 14.6 Å². The number of hydrogen-bond acceptors (Lipinski definition) is 6. The maximum atomic E-state index is 12.4. The molecular weight excluding hydrogens is 392 g/mol. The number of nitrogens with one attached hydrogen (secondary N) is 4. The van der Waals surface area contributed by atoms with Gasteiger partial charge in [0.15, 0.2) is 0 Å². The molecule has 8 heteroatoms. The molecule has 4 N–H and O–H groups in total. The van der Waals surface area contributed by atoms with Crippen LogP contribution < -0.4 is 21.5 Å². The molecule has 2 heterocycles. The number of aryl methyl sites for hydroxylation is 1. The molecule has 1 aliphatic rings. The van der Waals surface area contributed by atoms with Gasteiger partial charge in [0.1, 0.15) is 11.6 Å². The first-order chi connectivity index (χ1) is 15.0. The highest BCUT2D eigenvalue weighted by molar-refractivity contribution is 5.95. The molecule has 0 bridgehead atoms. The Hall–Kier alpha value is -3.96. The Balaban J connectivity index is 1.59. The van der Waals surface area contributed by atoms with Crippen LogP contribution in [-0.2, 0) is 4.79 Å². The van der Waals surface area contributed by atoms with Crippen molar-refractivity contribution in [2.24, 2.45) is 0 Å². The van der Waals surface area contributed by atoms with Crippen LogP contribution in [0.4, 0.5) is 17.3 Å². The molecule has 1 aliphatic heterocycles. The van der Waals surface area contributed by atoms with Gasteiger partial charge in [-0.05, 0) is 50.6 Å². The van der Waals surface area contributed by atoms with Gasteiger partial charge >= 0.3 is 0 Å². The molecule has 0 saturated carbocycles. The Labute approximate surface area is 179 Å². The van der Waals surface area contributed by atoms with E-state index in [0.29, 0.717) is 11.3 Å². The zero-order valence-corrected chi connectivity index (χ0v) is 17.0. The lowest BCUT2D eigenvalue weighted by molar-refractivity contribution is -0.117. The number of amides is 1. The van der Waals surface area contributed by atoms with Crippen molar-refractivity contribution < 1.29 is 4.79 Å². The third-order valence-electron chi connectivity index (χ3n) is 5.15. The first-order valence-corrected chi connectivity index (χ1v) is 10.1. The average Bonchev–Trinajstić information content (AvgIpc) is 3.31. The second-order valence-electron chi connectivity index (χ2n) is 7.46. The summed E-state index contributed by atoms with van der Waals surface area (Å²) in [6, 6.07) is 16.3. The van der Waals surface area contributed by atoms with Crippen molar-refractivity contribution in [2.45, 2.75) is 25.8 Å². The fraction of sp³-hybridized carbons (Fsp3) is 0.217. The zero-order valence-electron chi connectivity index (χ0n) is 17.0. The molecule has 2 aromatic carbocycles. The maximum absolute atomic E-state index is 12.4. The molecule has 3 aromatic rings. The number of carbonyl (C=O) groups excluding carboxylic acids is 1. The van der Waals surface area contributed by atoms with E-state index >= 15 is 0 Å². The van der Waals surface area contributed by atoms with Crippen LogP contribution in [0.5, 0.6) is 0 Å². The number of hydrogen-bond donors (Lipinski definition) is 4. The van der Waals surface area contributed by atoms with Crippen LogP contribution in [0.3, 0.4) is 0 Å². The Morgan fingerprint density at radius 1 is 1.13 bits per heavy atom. The molecule has 156 valence electrons. The number of rotatable bonds is 5. The van der Waals surface area contributed by atoms with Gasteiger partial charge in [0, 0.05) is 16.9 Å². The van der Waals surface area contributed by atoms with E-state index in [9.17, 15) is 14.9 Å². The van der Waals surface area contributed by atoms with Crippen LogP contribution in [0.15, 0.2) is 53.3 Å². The largest absolute Gasteiger partial charge is 0.326 e. The number of nitriles is 1. The molecule has 8 nitrogen and oxygen atoms in total. The van der Waals surface area contributed by atoms with E-state index in [0.717, 1.165) is 30.6 Å². The van der Waals surface area contributed by atoms with Crippen LogP contribution in [0.2, 0.25) is 0 Å². The summed E-state index contributed by atoms with van der Waals surface area (Å²) >= 11 is 0. The molecule has 1 unspecified atom stereocenters. The first-order valence-electron chi connectivity index (χ1n) is 10.1. The number of aromatic nitrogens is 2. The summed E-state index contributed by atoms with van der Waals surface area (Å²) in [6.45, 7) is 2.83. The van der Waals surface area contributed by atoms with Crippen molar-refractivity contribution in [3.63, 3.8) is 0 Å². The summed E-state index contributed by atoms with van der Waals surface area (Å²) in [4.78, 5) is 31.8. The number of benzene rings is 2. The molecule has 0 spiro atoms. The van der Waals surface area contributed by atoms with Crippen LogP contribution >= 0.6 is 0 Å². The van der Waals surface area contributed by atoms with E-state index in [1.165, 1.54) is 0 Å². The molecule has 0 aliphatic carbocycles. The number of H-pyrrole nitrogens is 1. The highest BCUT2D eigenvalue weighted by Gasteiger charge is 2.22. The van der Waals surface area contributed by atoms with Crippen molar-refractivity contribution in [3.05, 3.63) is 70.0 Å². The SMILES string of the molecule is Cc1ccc(Nc2nc(-c3ccc(NC(=O)C4CCCN4)cc3)c(C#N)c(=O)[nH]2)cc1. The quantitative estimate of drug-likeness (QED) is 0.509. The highest BCUT2D eigenvalue weighted by atomic mass is 16.2. The predicted octanol–water partition coefficient (Wildman–Crippen LogP) is 3.05. The molecule has 1 saturated heterocycles. The number of aromatic amines is 1. The Morgan fingerprint density at radius 2 is 1.84 bits per heavy atom. The lowest BCUT2D eigenvalue weighted by Gasteiger charge is -2.12. The van der Waals surface area contributed by atoms with Crippen LogP contribution in [0.1, 0.15) is 24.0 Å². The van der Waals surface area contributed by atoms with Crippen molar-refractivity contribution in [1.29, 1.82) is 5.26 Å². The van der Waals surface area contributed by atoms with Crippen LogP contribution in [0, 0.1) is 18.3 Å². The lowest BCUT2D eigenvalue weighted by Crippen LogP contribution is -2.35. The predicted molar refractivity (Wildman–Crippen MR) is 119 cm³/mol. The van der Waals surface area contributed by atoms with E-state index in [1.807, 2.05) is 37.3 Å². The summed E-state index contributed by atoms with van der Waals surface area (Å²) in [5, 5.41) is 18.6. The standard InChI is InChI=1S/C23H22N6O2/c1-14-4-8-17(9-5-14)27-23-28-20(18(13-24)21(30)29-23)15-6-10-16(11-7-15)26-22(31)19-3-2-12-25-19/h4-11,19,25H,2-3,12H2,1H3,(H,26,31)(H2,27,28,29,30). The first kappa shape index (κ1) is 20.3. The van der Waals surface area contributed by atoms with Gasteiger partial charge in [-0.1, -0.05) is 29.8 Å². The van der Waals surface area contributed by atoms with E-state index in [1.54, 1.807) is 24.3 Å². The van der Waals surface area contributed by atoms with Crippen LogP contribution in [0.25, 0.3) is 11.3 Å². The lowest BCUT2D eigenvalue weighted by atomic mass is 10.1. The average molecular weight is 414 g/mol. The second-order valence-corrected chi connectivity index (χ2v) is 7.46. The molecule has 1 aromatic heterocycles. The number of nitrogens with zero attached hydrogens (tertiary/aromatic N) is 2. The summed E-state index contributed by atoms with van der Waals surface area (Å²) < 4.78 is 0. The topological polar surface area (TPSA) is 123 Å². The van der Waals surface area contributed by atoms with Gasteiger partial charge in [0.25, 0.3) is 5.56 Å². The van der Waals surface area contributed by atoms with Crippen molar-refractivity contribution in [3.8, 4) is 17.3 Å². The van der Waals surface area contributed by atoms with Crippen molar-refractivity contribution in [2.75, 3.05) is 17.2 Å². The Kier molecular flexibility index (Phi) is 5.78. The fourth-order valence-corrected chi connectivity index (χ4v) is 3.47. The minimum Gasteiger partial charge on any atom is -0.326 e. The molecule has 1 fully saturated rings. The number of carbonyl (C=O) groups is 1. The monoisotopic (exact) mass is 414 g/mol. The van der Waals surface area contributed by atoms with Gasteiger partial charge in [0.05, 0.1) is 11.7 Å². The molecule has 31 heavy (non-hydrogen) atoms. The van der Waals surface area contributed by atoms with E-state index in [4.69, 9.17) is 0 Å². The van der Waals surface area contributed by atoms with Crippen molar-refractivity contribution >= 4 is 23.2 Å². The normalized spacial score (nSPS) is 15.3. The van der Waals surface area contributed by atoms with E-state index < -0.39 is 5.56 Å². The molecule has 1 amide bonds. The summed E-state index contributed by atoms with van der Waals surface area (Å²) in [6.07, 6.45) is 1.81. The fourth-order valence-electron chi connectivity index (χ4n) is 3.47. The van der Waals surface area contributed by atoms with Gasteiger partial charge in [-0.25, -0.2) is 4.98 Å². The van der Waals surface area contributed by atoms with Gasteiger partial charge in [-0.15, -0.1) is 0 Å². The minimum atomic E-state index is -0.521.